The zero-order valence-electron chi connectivity index (χ0n) is 16.4. The van der Waals surface area contributed by atoms with Gasteiger partial charge in [0.1, 0.15) is 13.1 Å². The molecular formula is C21H21N3O6. The summed E-state index contributed by atoms with van der Waals surface area (Å²) in [5, 5.41) is 2.68. The first-order valence-corrected chi connectivity index (χ1v) is 9.76. The Balaban J connectivity index is 1.41. The second-order valence-electron chi connectivity index (χ2n) is 7.54. The molecule has 0 unspecified atom stereocenters. The van der Waals surface area contributed by atoms with Crippen molar-refractivity contribution in [2.75, 3.05) is 23.3 Å². The van der Waals surface area contributed by atoms with Crippen LogP contribution in [0.3, 0.4) is 0 Å². The lowest BCUT2D eigenvalue weighted by atomic mass is 9.85. The Morgan fingerprint density at radius 3 is 2.40 bits per heavy atom. The van der Waals surface area contributed by atoms with Crippen LogP contribution >= 0.6 is 0 Å². The number of nitrogens with zero attached hydrogens (tertiary/aromatic N) is 2. The quantitative estimate of drug-likeness (QED) is 0.447. The number of amides is 4. The molecule has 1 aliphatic carbocycles. The average Bonchev–Trinajstić information content (AvgIpc) is 2.97. The van der Waals surface area contributed by atoms with Gasteiger partial charge in [0.05, 0.1) is 23.2 Å². The topological polar surface area (TPSA) is 113 Å². The van der Waals surface area contributed by atoms with Crippen LogP contribution in [0, 0.1) is 11.8 Å². The number of anilines is 2. The Kier molecular flexibility index (Phi) is 5.11. The Morgan fingerprint density at radius 2 is 1.73 bits per heavy atom. The lowest BCUT2D eigenvalue weighted by molar-refractivity contribution is -0.159. The van der Waals surface area contributed by atoms with Crippen molar-refractivity contribution in [2.45, 2.75) is 25.9 Å². The molecule has 3 atom stereocenters. The Morgan fingerprint density at radius 1 is 1.10 bits per heavy atom. The number of hydrogen-bond acceptors (Lipinski definition) is 6. The van der Waals surface area contributed by atoms with Gasteiger partial charge in [0.25, 0.3) is 5.91 Å². The van der Waals surface area contributed by atoms with E-state index in [1.165, 1.54) is 11.8 Å². The summed E-state index contributed by atoms with van der Waals surface area (Å²) in [6, 6.07) is 6.81. The summed E-state index contributed by atoms with van der Waals surface area (Å²) < 4.78 is 5.20. The lowest BCUT2D eigenvalue weighted by Gasteiger charge is -2.30. The van der Waals surface area contributed by atoms with Gasteiger partial charge in [-0.15, -0.1) is 0 Å². The van der Waals surface area contributed by atoms with Crippen LogP contribution in [-0.2, 0) is 28.7 Å². The molecule has 0 spiro atoms. The molecule has 4 rings (SSSR count). The number of esters is 1. The highest BCUT2D eigenvalue weighted by molar-refractivity contribution is 6.11. The minimum absolute atomic E-state index is 0.197. The summed E-state index contributed by atoms with van der Waals surface area (Å²) in [5.41, 5.74) is 0.997. The summed E-state index contributed by atoms with van der Waals surface area (Å²) >= 11 is 0. The third-order valence-electron chi connectivity index (χ3n) is 5.58. The molecule has 1 fully saturated rings. The fourth-order valence-electron chi connectivity index (χ4n) is 4.09. The highest BCUT2D eigenvalue weighted by Crippen LogP contribution is 2.35. The van der Waals surface area contributed by atoms with Crippen molar-refractivity contribution in [1.82, 2.24) is 4.90 Å². The first-order chi connectivity index (χ1) is 14.4. The van der Waals surface area contributed by atoms with Crippen molar-refractivity contribution in [1.29, 1.82) is 0 Å². The SMILES string of the molecule is C[C@H](OC(=O)CN1C(=O)[C@H]2CC=CC[C@H]2C1=O)C(=O)N1CC(=O)Nc2ccccc21. The van der Waals surface area contributed by atoms with Crippen LogP contribution in [0.1, 0.15) is 19.8 Å². The molecule has 2 aliphatic heterocycles. The van der Waals surface area contributed by atoms with E-state index in [2.05, 4.69) is 5.32 Å². The highest BCUT2D eigenvalue weighted by atomic mass is 16.5. The minimum Gasteiger partial charge on any atom is -0.451 e. The van der Waals surface area contributed by atoms with Crippen LogP contribution in [0.25, 0.3) is 0 Å². The second-order valence-corrected chi connectivity index (χ2v) is 7.54. The van der Waals surface area contributed by atoms with Gasteiger partial charge in [-0.2, -0.15) is 0 Å². The molecule has 2 heterocycles. The first kappa shape index (κ1) is 19.8. The molecule has 1 aromatic carbocycles. The Labute approximate surface area is 172 Å². The maximum Gasteiger partial charge on any atom is 0.326 e. The van der Waals surface area contributed by atoms with E-state index in [1.807, 2.05) is 12.2 Å². The summed E-state index contributed by atoms with van der Waals surface area (Å²) in [4.78, 5) is 64.2. The Bertz CT molecular complexity index is 945. The molecule has 0 radical (unpaired) electrons. The van der Waals surface area contributed by atoms with E-state index in [1.54, 1.807) is 24.3 Å². The van der Waals surface area contributed by atoms with Crippen molar-refractivity contribution in [3.05, 3.63) is 36.4 Å². The molecule has 156 valence electrons. The first-order valence-electron chi connectivity index (χ1n) is 9.76. The molecule has 4 amide bonds. The van der Waals surface area contributed by atoms with Gasteiger partial charge in [-0.1, -0.05) is 24.3 Å². The van der Waals surface area contributed by atoms with Crippen LogP contribution in [0.5, 0.6) is 0 Å². The van der Waals surface area contributed by atoms with Gasteiger partial charge in [0.15, 0.2) is 6.10 Å². The van der Waals surface area contributed by atoms with E-state index in [0.717, 1.165) is 4.90 Å². The van der Waals surface area contributed by atoms with Crippen LogP contribution in [-0.4, -0.2) is 53.7 Å². The number of benzene rings is 1. The van der Waals surface area contributed by atoms with Gasteiger partial charge < -0.3 is 10.1 Å². The Hall–Kier alpha value is -3.49. The molecular weight excluding hydrogens is 390 g/mol. The second kappa shape index (κ2) is 7.74. The molecule has 9 nitrogen and oxygen atoms in total. The maximum atomic E-state index is 12.8. The highest BCUT2D eigenvalue weighted by Gasteiger charge is 2.48. The van der Waals surface area contributed by atoms with Crippen molar-refractivity contribution < 1.29 is 28.7 Å². The monoisotopic (exact) mass is 411 g/mol. The number of carbonyl (C=O) groups is 5. The molecule has 1 N–H and O–H groups in total. The minimum atomic E-state index is -1.19. The number of allylic oxidation sites excluding steroid dienone is 2. The number of ether oxygens (including phenoxy) is 1. The predicted molar refractivity (Wildman–Crippen MR) is 105 cm³/mol. The van der Waals surface area contributed by atoms with Gasteiger partial charge in [-0.05, 0) is 31.9 Å². The average molecular weight is 411 g/mol. The van der Waals surface area contributed by atoms with Crippen molar-refractivity contribution in [2.24, 2.45) is 11.8 Å². The number of fused-ring (bicyclic) bond motifs is 2. The van der Waals surface area contributed by atoms with Crippen LogP contribution < -0.4 is 10.2 Å². The van der Waals surface area contributed by atoms with Gasteiger partial charge >= 0.3 is 5.97 Å². The van der Waals surface area contributed by atoms with E-state index in [9.17, 15) is 24.0 Å². The van der Waals surface area contributed by atoms with Gasteiger partial charge in [-0.25, -0.2) is 0 Å². The van der Waals surface area contributed by atoms with Gasteiger partial charge in [-0.3, -0.25) is 33.8 Å². The smallest absolute Gasteiger partial charge is 0.326 e. The number of likely N-dealkylation sites (tertiary alicyclic amines) is 1. The summed E-state index contributed by atoms with van der Waals surface area (Å²) in [6.45, 7) is 0.670. The molecule has 0 bridgehead atoms. The van der Waals surface area contributed by atoms with Crippen molar-refractivity contribution in [3.8, 4) is 0 Å². The summed E-state index contributed by atoms with van der Waals surface area (Å²) in [6.07, 6.45) is 3.49. The summed E-state index contributed by atoms with van der Waals surface area (Å²) in [7, 11) is 0. The van der Waals surface area contributed by atoms with Crippen LogP contribution in [0.4, 0.5) is 11.4 Å². The predicted octanol–water partition coefficient (Wildman–Crippen LogP) is 0.855. The standard InChI is InChI=1S/C21H21N3O6/c1-12(19(27)23-10-17(25)22-15-8-4-5-9-16(15)23)30-18(26)11-24-20(28)13-6-2-3-7-14(13)21(24)29/h2-5,8-9,12-14H,6-7,10-11H2,1H3,(H,22,25)/t12-,13-,14+/m0/s1. The zero-order valence-corrected chi connectivity index (χ0v) is 16.4. The van der Waals surface area contributed by atoms with Crippen molar-refractivity contribution in [3.63, 3.8) is 0 Å². The number of imide groups is 1. The number of nitrogens with one attached hydrogen (secondary N) is 1. The number of rotatable bonds is 4. The van der Waals surface area contributed by atoms with E-state index < -0.39 is 36.4 Å². The number of carbonyl (C=O) groups excluding carboxylic acids is 5. The molecule has 9 heteroatoms. The third kappa shape index (κ3) is 3.47. The summed E-state index contributed by atoms with van der Waals surface area (Å²) in [5.74, 6) is -3.40. The molecule has 0 saturated carbocycles. The lowest BCUT2D eigenvalue weighted by Crippen LogP contribution is -2.47. The van der Waals surface area contributed by atoms with E-state index in [-0.39, 0.29) is 24.3 Å². The van der Waals surface area contributed by atoms with E-state index in [4.69, 9.17) is 4.74 Å². The molecule has 3 aliphatic rings. The van der Waals surface area contributed by atoms with Crippen LogP contribution in [0.15, 0.2) is 36.4 Å². The molecule has 30 heavy (non-hydrogen) atoms. The third-order valence-corrected chi connectivity index (χ3v) is 5.58. The van der Waals surface area contributed by atoms with Gasteiger partial charge in [0.2, 0.25) is 17.7 Å². The zero-order chi connectivity index (χ0) is 21.4. The largest absolute Gasteiger partial charge is 0.451 e. The van der Waals surface area contributed by atoms with E-state index >= 15 is 0 Å². The fraction of sp³-hybridized carbons (Fsp3) is 0.381. The fourth-order valence-corrected chi connectivity index (χ4v) is 4.09. The molecule has 1 saturated heterocycles. The van der Waals surface area contributed by atoms with Crippen LogP contribution in [0.2, 0.25) is 0 Å². The van der Waals surface area contributed by atoms with E-state index in [0.29, 0.717) is 24.2 Å². The normalized spacial score (nSPS) is 23.6. The maximum absolute atomic E-state index is 12.8. The molecule has 0 aromatic heterocycles. The number of para-hydroxylation sites is 2. The number of hydrogen-bond donors (Lipinski definition) is 1. The molecule has 1 aromatic rings. The van der Waals surface area contributed by atoms with Crippen molar-refractivity contribution >= 4 is 41.0 Å². The van der Waals surface area contributed by atoms with Gasteiger partial charge in [0, 0.05) is 0 Å².